The summed E-state index contributed by atoms with van der Waals surface area (Å²) in [7, 11) is -2.26. The number of aromatic amines is 1. The molecule has 3 rings (SSSR count). The minimum Gasteiger partial charge on any atom is -0.477 e. The summed E-state index contributed by atoms with van der Waals surface area (Å²) in [5.74, 6) is -1.10. The average Bonchev–Trinajstić information content (AvgIpc) is 2.99. The number of carboxylic acid groups (broad SMARTS) is 1. The molecule has 1 aromatic carbocycles. The summed E-state index contributed by atoms with van der Waals surface area (Å²) < 4.78 is 26.6. The van der Waals surface area contributed by atoms with Crippen molar-refractivity contribution >= 4 is 38.8 Å². The van der Waals surface area contributed by atoms with Gasteiger partial charge in [0.1, 0.15) is 5.69 Å². The number of para-hydroxylation sites is 1. The van der Waals surface area contributed by atoms with Crippen molar-refractivity contribution in [1.29, 1.82) is 0 Å². The van der Waals surface area contributed by atoms with Crippen molar-refractivity contribution in [1.82, 2.24) is 4.98 Å². The van der Waals surface area contributed by atoms with Gasteiger partial charge in [0, 0.05) is 24.8 Å². The highest BCUT2D eigenvalue weighted by Gasteiger charge is 2.26. The number of hydrogen-bond donors (Lipinski definition) is 2. The lowest BCUT2D eigenvalue weighted by Gasteiger charge is -2.22. The molecule has 1 aromatic heterocycles. The monoisotopic (exact) mass is 333 g/mol. The fraction of sp³-hybridized carbons (Fsp3) is 0.200. The number of aromatic nitrogens is 1. The molecule has 2 N–H and O–H groups in total. The van der Waals surface area contributed by atoms with Crippen LogP contribution in [0, 0.1) is 0 Å². The fourth-order valence-corrected chi connectivity index (χ4v) is 3.83. The number of anilines is 1. The maximum Gasteiger partial charge on any atom is 0.352 e. The summed E-state index contributed by atoms with van der Waals surface area (Å²) in [5, 5.41) is 9.73. The van der Waals surface area contributed by atoms with E-state index >= 15 is 0 Å². The van der Waals surface area contributed by atoms with Crippen LogP contribution >= 0.6 is 0 Å². The highest BCUT2D eigenvalue weighted by atomic mass is 32.2. The highest BCUT2D eigenvalue weighted by Crippen LogP contribution is 2.31. The van der Waals surface area contributed by atoms with Crippen LogP contribution in [0.4, 0.5) is 5.69 Å². The lowest BCUT2D eigenvalue weighted by molar-refractivity contribution is 0.0691. The number of aromatic carboxylic acids is 1. The van der Waals surface area contributed by atoms with E-state index in [9.17, 15) is 13.2 Å². The number of H-pyrrole nitrogens is 1. The number of sulfonamides is 1. The first-order valence-corrected chi connectivity index (χ1v) is 8.40. The second-order valence-electron chi connectivity index (χ2n) is 5.17. The maximum absolute atomic E-state index is 12.7. The molecular formula is C15H15N3O4S. The molecule has 0 saturated heterocycles. The Morgan fingerprint density at radius 2 is 2.17 bits per heavy atom. The van der Waals surface area contributed by atoms with E-state index in [0.717, 1.165) is 4.31 Å². The zero-order valence-corrected chi connectivity index (χ0v) is 13.2. The zero-order valence-electron chi connectivity index (χ0n) is 12.4. The van der Waals surface area contributed by atoms with Gasteiger partial charge in [-0.1, -0.05) is 12.1 Å². The van der Waals surface area contributed by atoms with Crippen LogP contribution < -0.4 is 4.31 Å². The molecule has 1 aliphatic heterocycles. The lowest BCUT2D eigenvalue weighted by atomic mass is 10.2. The summed E-state index contributed by atoms with van der Waals surface area (Å²) in [5.41, 5.74) is 0.876. The molecule has 0 unspecified atom stereocenters. The van der Waals surface area contributed by atoms with Crippen molar-refractivity contribution in [2.24, 2.45) is 4.99 Å². The molecule has 0 saturated carbocycles. The van der Waals surface area contributed by atoms with Crippen molar-refractivity contribution in [3.05, 3.63) is 41.1 Å². The molecule has 0 atom stereocenters. The van der Waals surface area contributed by atoms with Crippen LogP contribution in [0.3, 0.4) is 0 Å². The van der Waals surface area contributed by atoms with E-state index < -0.39 is 16.0 Å². The first-order chi connectivity index (χ1) is 10.9. The molecule has 120 valence electrons. The molecule has 1 aliphatic rings. The minimum absolute atomic E-state index is 0.0136. The summed E-state index contributed by atoms with van der Waals surface area (Å²) in [6, 6.07) is 6.53. The average molecular weight is 333 g/mol. The Balaban J connectivity index is 2.10. The van der Waals surface area contributed by atoms with Crippen LogP contribution in [0.15, 0.2) is 40.4 Å². The third-order valence-electron chi connectivity index (χ3n) is 3.74. The Bertz CT molecular complexity index is 941. The summed E-state index contributed by atoms with van der Waals surface area (Å²) in [4.78, 5) is 18.0. The van der Waals surface area contributed by atoms with Gasteiger partial charge < -0.3 is 10.1 Å². The van der Waals surface area contributed by atoms with Gasteiger partial charge in [0.2, 0.25) is 0 Å². The number of fused-ring (bicyclic) bond motifs is 1. The van der Waals surface area contributed by atoms with Crippen LogP contribution in [0.2, 0.25) is 0 Å². The summed E-state index contributed by atoms with van der Waals surface area (Å²) in [6.07, 6.45) is 4.00. The molecule has 2 heterocycles. The van der Waals surface area contributed by atoms with Gasteiger partial charge in [-0.25, -0.2) is 13.2 Å². The number of nitrogens with zero attached hydrogens (tertiary/aromatic N) is 2. The van der Waals surface area contributed by atoms with Gasteiger partial charge in [-0.3, -0.25) is 9.30 Å². The quantitative estimate of drug-likeness (QED) is 0.896. The van der Waals surface area contributed by atoms with Crippen LogP contribution in [-0.2, 0) is 10.0 Å². The minimum atomic E-state index is -3.70. The maximum atomic E-state index is 12.7. The fourth-order valence-electron chi connectivity index (χ4n) is 2.50. The van der Waals surface area contributed by atoms with Gasteiger partial charge >= 0.3 is 5.97 Å². The van der Waals surface area contributed by atoms with Gasteiger partial charge in [-0.2, -0.15) is 0 Å². The van der Waals surface area contributed by atoms with Gasteiger partial charge in [0.25, 0.3) is 10.0 Å². The molecule has 23 heavy (non-hydrogen) atoms. The summed E-state index contributed by atoms with van der Waals surface area (Å²) in [6.45, 7) is 0. The van der Waals surface area contributed by atoms with Crippen molar-refractivity contribution in [2.75, 3.05) is 11.4 Å². The Labute approximate surface area is 133 Å². The van der Waals surface area contributed by atoms with Crippen LogP contribution in [0.5, 0.6) is 0 Å². The molecule has 0 bridgehead atoms. The number of rotatable bonds is 4. The Morgan fingerprint density at radius 1 is 1.39 bits per heavy atom. The molecule has 0 radical (unpaired) electrons. The van der Waals surface area contributed by atoms with Crippen molar-refractivity contribution in [2.45, 2.75) is 12.8 Å². The third-order valence-corrected chi connectivity index (χ3v) is 5.63. The second kappa shape index (κ2) is 5.54. The molecule has 2 aromatic rings. The molecule has 7 nitrogen and oxygen atoms in total. The number of carboxylic acids is 1. The SMILES string of the molecule is CN(c1cccc2cc(C(=O)O)[nH]c12)S(=O)(=O)C1=CN=CCC1. The van der Waals surface area contributed by atoms with Crippen molar-refractivity contribution in [3.8, 4) is 0 Å². The lowest BCUT2D eigenvalue weighted by Crippen LogP contribution is -2.28. The first-order valence-electron chi connectivity index (χ1n) is 6.96. The predicted molar refractivity (Wildman–Crippen MR) is 88.4 cm³/mol. The normalized spacial score (nSPS) is 14.7. The van der Waals surface area contributed by atoms with Crippen LogP contribution in [0.1, 0.15) is 23.3 Å². The van der Waals surface area contributed by atoms with Crippen molar-refractivity contribution in [3.63, 3.8) is 0 Å². The first kappa shape index (κ1) is 15.3. The van der Waals surface area contributed by atoms with Gasteiger partial charge in [0.15, 0.2) is 0 Å². The Kier molecular flexibility index (Phi) is 3.69. The smallest absolute Gasteiger partial charge is 0.352 e. The number of benzene rings is 1. The molecule has 0 amide bonds. The number of nitrogens with one attached hydrogen (secondary N) is 1. The zero-order chi connectivity index (χ0) is 16.6. The topological polar surface area (TPSA) is 103 Å². The van der Waals surface area contributed by atoms with Crippen LogP contribution in [-0.4, -0.2) is 37.7 Å². The van der Waals surface area contributed by atoms with Crippen molar-refractivity contribution < 1.29 is 18.3 Å². The predicted octanol–water partition coefficient (Wildman–Crippen LogP) is 2.34. The number of carbonyl (C=O) groups is 1. The van der Waals surface area contributed by atoms with Gasteiger partial charge in [0.05, 0.1) is 16.1 Å². The van der Waals surface area contributed by atoms with E-state index in [0.29, 0.717) is 29.4 Å². The van der Waals surface area contributed by atoms with Gasteiger partial charge in [-0.05, 0) is 25.0 Å². The highest BCUT2D eigenvalue weighted by molar-refractivity contribution is 7.96. The van der Waals surface area contributed by atoms with E-state index in [1.54, 1.807) is 24.4 Å². The van der Waals surface area contributed by atoms with Crippen LogP contribution in [0.25, 0.3) is 10.9 Å². The van der Waals surface area contributed by atoms with E-state index in [4.69, 9.17) is 5.11 Å². The Hall–Kier alpha value is -2.61. The number of aliphatic imine (C=N–C) groups is 1. The van der Waals surface area contributed by atoms with E-state index in [1.165, 1.54) is 19.3 Å². The summed E-state index contributed by atoms with van der Waals surface area (Å²) >= 11 is 0. The molecular weight excluding hydrogens is 318 g/mol. The van der Waals surface area contributed by atoms with E-state index in [2.05, 4.69) is 9.98 Å². The Morgan fingerprint density at radius 3 is 2.83 bits per heavy atom. The number of allylic oxidation sites excluding steroid dienone is 1. The van der Waals surface area contributed by atoms with E-state index in [-0.39, 0.29) is 10.6 Å². The van der Waals surface area contributed by atoms with E-state index in [1.807, 2.05) is 0 Å². The second-order valence-corrected chi connectivity index (χ2v) is 7.19. The standard InChI is InChI=1S/C15H15N3O4S/c1-18(23(21,22)11-5-3-7-16-9-11)13-6-2-4-10-8-12(15(19)20)17-14(10)13/h2,4,6-9,17H,3,5H2,1H3,(H,19,20). The molecule has 0 fully saturated rings. The number of hydrogen-bond acceptors (Lipinski definition) is 4. The molecule has 8 heteroatoms. The largest absolute Gasteiger partial charge is 0.477 e. The molecule has 0 spiro atoms. The molecule has 0 aliphatic carbocycles. The third kappa shape index (κ3) is 2.61. The van der Waals surface area contributed by atoms with Gasteiger partial charge in [-0.15, -0.1) is 0 Å².